The molecule has 2 heterocycles. The predicted octanol–water partition coefficient (Wildman–Crippen LogP) is 8.25. The highest BCUT2D eigenvalue weighted by Crippen LogP contribution is 2.57. The van der Waals surface area contributed by atoms with E-state index in [0.717, 1.165) is 30.3 Å². The maximum absolute atomic E-state index is 15.0. The lowest BCUT2D eigenvalue weighted by atomic mass is 9.71. The van der Waals surface area contributed by atoms with Crippen LogP contribution in [0.4, 0.5) is 32.0 Å². The summed E-state index contributed by atoms with van der Waals surface area (Å²) in [5.41, 5.74) is -7.81. The third-order valence-electron chi connectivity index (χ3n) is 10.0. The van der Waals surface area contributed by atoms with Crippen molar-refractivity contribution >= 4 is 29.3 Å². The number of phenols is 1. The molecule has 0 aromatic heterocycles. The Hall–Kier alpha value is -5.46. The van der Waals surface area contributed by atoms with Gasteiger partial charge in [-0.3, -0.25) is 24.1 Å². The normalized spacial score (nSPS) is 16.2. The van der Waals surface area contributed by atoms with Crippen molar-refractivity contribution in [1.82, 2.24) is 4.90 Å². The Kier molecular flexibility index (Phi) is 8.39. The number of amides is 4. The van der Waals surface area contributed by atoms with Gasteiger partial charge >= 0.3 is 12.4 Å². The summed E-state index contributed by atoms with van der Waals surface area (Å²) in [6.45, 7) is 6.16. The van der Waals surface area contributed by atoms with Crippen molar-refractivity contribution in [3.8, 4) is 5.75 Å². The molecule has 264 valence electrons. The van der Waals surface area contributed by atoms with E-state index in [2.05, 4.69) is 20.8 Å². The van der Waals surface area contributed by atoms with Crippen LogP contribution in [0.3, 0.4) is 0 Å². The highest BCUT2D eigenvalue weighted by Gasteiger charge is 2.73. The maximum Gasteiger partial charge on any atom is 0.411 e. The molecule has 4 amide bonds. The molecule has 0 fully saturated rings. The van der Waals surface area contributed by atoms with Crippen LogP contribution in [0.2, 0.25) is 0 Å². The fraction of sp³-hybridized carbons (Fsp3) is 0.263. The van der Waals surface area contributed by atoms with Crippen molar-refractivity contribution in [3.63, 3.8) is 0 Å². The molecule has 2 aliphatic heterocycles. The van der Waals surface area contributed by atoms with Gasteiger partial charge in [-0.15, -0.1) is 0 Å². The quantitative estimate of drug-likeness (QED) is 0.154. The monoisotopic (exact) mass is 708 g/mol. The van der Waals surface area contributed by atoms with E-state index >= 15 is 26.3 Å². The van der Waals surface area contributed by atoms with E-state index in [0.29, 0.717) is 34.1 Å². The highest BCUT2D eigenvalue weighted by atomic mass is 19.4. The number of aromatic hydroxyl groups is 1. The summed E-state index contributed by atoms with van der Waals surface area (Å²) in [6.07, 6.45) is -12.1. The molecule has 0 aliphatic carbocycles. The van der Waals surface area contributed by atoms with Gasteiger partial charge in [0.15, 0.2) is 0 Å². The van der Waals surface area contributed by atoms with Crippen molar-refractivity contribution < 1.29 is 50.6 Å². The van der Waals surface area contributed by atoms with Gasteiger partial charge in [0.2, 0.25) is 5.41 Å². The standard InChI is InChI=1S/C38H30F6N2O5/c1-19(2)20(3)31(22-7-13-26(47)14-8-22)21-5-11-25(12-6-21)46-34(50)28-16-10-24(18-30(28)35(46)51)36(37(39,40)41,38(42,43)44)23-9-15-27-29(17-23)33(49)45(4)32(27)48/h5-20,31,47H,1-4H3/t20-,31-/m0/s1. The molecule has 7 nitrogen and oxygen atoms in total. The minimum atomic E-state index is -6.06. The fourth-order valence-corrected chi connectivity index (χ4v) is 6.98. The van der Waals surface area contributed by atoms with Crippen LogP contribution in [0.25, 0.3) is 0 Å². The topological polar surface area (TPSA) is 95.0 Å². The Morgan fingerprint density at radius 1 is 0.569 bits per heavy atom. The largest absolute Gasteiger partial charge is 0.508 e. The van der Waals surface area contributed by atoms with Crippen LogP contribution in [0.1, 0.15) is 90.4 Å². The van der Waals surface area contributed by atoms with E-state index in [1.54, 1.807) is 36.4 Å². The molecule has 6 rings (SSSR count). The van der Waals surface area contributed by atoms with E-state index in [-0.39, 0.29) is 34.8 Å². The Morgan fingerprint density at radius 2 is 0.980 bits per heavy atom. The number of carbonyl (C=O) groups is 4. The molecule has 4 aromatic rings. The molecule has 4 aromatic carbocycles. The molecule has 0 saturated heterocycles. The minimum absolute atomic E-state index is 0.0528. The number of benzene rings is 4. The average Bonchev–Trinajstić information content (AvgIpc) is 3.44. The number of halogens is 6. The van der Waals surface area contributed by atoms with Crippen molar-refractivity contribution in [2.75, 3.05) is 11.9 Å². The van der Waals surface area contributed by atoms with Crippen LogP contribution < -0.4 is 4.90 Å². The maximum atomic E-state index is 15.0. The first-order valence-corrected chi connectivity index (χ1v) is 15.8. The number of nitrogens with zero attached hydrogens (tertiary/aromatic N) is 2. The smallest absolute Gasteiger partial charge is 0.411 e. The summed E-state index contributed by atoms with van der Waals surface area (Å²) in [5.74, 6) is -3.74. The number of hydrogen-bond acceptors (Lipinski definition) is 5. The summed E-state index contributed by atoms with van der Waals surface area (Å²) in [6, 6.07) is 16.3. The first-order valence-electron chi connectivity index (χ1n) is 15.8. The summed E-state index contributed by atoms with van der Waals surface area (Å²) in [7, 11) is 1.05. The lowest BCUT2D eigenvalue weighted by Crippen LogP contribution is -2.55. The molecule has 2 atom stereocenters. The number of imide groups is 2. The van der Waals surface area contributed by atoms with Gasteiger partial charge in [-0.1, -0.05) is 57.2 Å². The SMILES string of the molecule is CC(C)[C@H](C)[C@H](c1ccc(O)cc1)c1ccc(N2C(=O)c3ccc(C(c4ccc5c(c4)C(=O)N(C)C5=O)(C(F)(F)F)C(F)(F)F)cc3C2=O)cc1. The molecule has 0 spiro atoms. The lowest BCUT2D eigenvalue weighted by Gasteiger charge is -2.38. The second-order valence-electron chi connectivity index (χ2n) is 13.1. The second-order valence-corrected chi connectivity index (χ2v) is 13.1. The molecule has 0 unspecified atom stereocenters. The first-order chi connectivity index (χ1) is 23.8. The Morgan fingerprint density at radius 3 is 1.45 bits per heavy atom. The first kappa shape index (κ1) is 35.4. The van der Waals surface area contributed by atoms with Crippen molar-refractivity contribution in [1.29, 1.82) is 0 Å². The zero-order valence-corrected chi connectivity index (χ0v) is 27.6. The van der Waals surface area contributed by atoms with Crippen molar-refractivity contribution in [2.24, 2.45) is 11.8 Å². The Balaban J connectivity index is 1.42. The predicted molar refractivity (Wildman–Crippen MR) is 174 cm³/mol. The summed E-state index contributed by atoms with van der Waals surface area (Å²) >= 11 is 0. The van der Waals surface area contributed by atoms with Gasteiger partial charge in [-0.05, 0) is 82.6 Å². The Bertz CT molecular complexity index is 2070. The van der Waals surface area contributed by atoms with E-state index < -0.39 is 69.2 Å². The van der Waals surface area contributed by atoms with Gasteiger partial charge in [-0.25, -0.2) is 4.90 Å². The molecular formula is C38H30F6N2O5. The van der Waals surface area contributed by atoms with Crippen molar-refractivity contribution in [3.05, 3.63) is 129 Å². The number of carbonyl (C=O) groups excluding carboxylic acids is 4. The van der Waals surface area contributed by atoms with E-state index in [4.69, 9.17) is 0 Å². The molecule has 2 aliphatic rings. The van der Waals surface area contributed by atoms with Crippen molar-refractivity contribution in [2.45, 2.75) is 44.5 Å². The highest BCUT2D eigenvalue weighted by molar-refractivity contribution is 6.34. The molecule has 1 N–H and O–H groups in total. The minimum Gasteiger partial charge on any atom is -0.508 e. The van der Waals surface area contributed by atoms with Gasteiger partial charge in [0.25, 0.3) is 23.6 Å². The molecule has 0 bridgehead atoms. The molecule has 51 heavy (non-hydrogen) atoms. The third-order valence-corrected chi connectivity index (χ3v) is 10.0. The number of rotatable bonds is 7. The summed E-state index contributed by atoms with van der Waals surface area (Å²) < 4.78 is 90.0. The fourth-order valence-electron chi connectivity index (χ4n) is 6.98. The molecule has 0 radical (unpaired) electrons. The summed E-state index contributed by atoms with van der Waals surface area (Å²) in [4.78, 5) is 53.4. The van der Waals surface area contributed by atoms with E-state index in [1.807, 2.05) is 0 Å². The van der Waals surface area contributed by atoms with Crippen LogP contribution >= 0.6 is 0 Å². The number of phenolic OH excluding ortho intramolecular Hbond substituents is 1. The molecule has 0 saturated carbocycles. The molecular weight excluding hydrogens is 678 g/mol. The van der Waals surface area contributed by atoms with Crippen LogP contribution in [-0.4, -0.2) is 53.0 Å². The van der Waals surface area contributed by atoms with Crippen LogP contribution in [-0.2, 0) is 5.41 Å². The van der Waals surface area contributed by atoms with Gasteiger partial charge in [-0.2, -0.15) is 26.3 Å². The average molecular weight is 709 g/mol. The zero-order valence-electron chi connectivity index (χ0n) is 27.6. The van der Waals surface area contributed by atoms with E-state index in [1.165, 1.54) is 12.1 Å². The number of fused-ring (bicyclic) bond motifs is 2. The third kappa shape index (κ3) is 5.37. The number of hydrogen-bond donors (Lipinski definition) is 1. The zero-order chi connectivity index (χ0) is 37.4. The molecule has 13 heteroatoms. The number of alkyl halides is 6. The van der Waals surface area contributed by atoms with Gasteiger partial charge in [0, 0.05) is 13.0 Å². The second kappa shape index (κ2) is 12.1. The van der Waals surface area contributed by atoms with E-state index in [9.17, 15) is 24.3 Å². The van der Waals surface area contributed by atoms with Crippen LogP contribution in [0, 0.1) is 11.8 Å². The number of anilines is 1. The summed E-state index contributed by atoms with van der Waals surface area (Å²) in [5, 5.41) is 9.79. The van der Waals surface area contributed by atoms with Crippen LogP contribution in [0.5, 0.6) is 5.75 Å². The van der Waals surface area contributed by atoms with Crippen LogP contribution in [0.15, 0.2) is 84.9 Å². The van der Waals surface area contributed by atoms with Gasteiger partial charge < -0.3 is 5.11 Å². The van der Waals surface area contributed by atoms with Gasteiger partial charge in [0.1, 0.15) is 5.75 Å². The Labute approximate surface area is 288 Å². The lowest BCUT2D eigenvalue weighted by molar-refractivity contribution is -0.288. The van der Waals surface area contributed by atoms with Gasteiger partial charge in [0.05, 0.1) is 27.9 Å².